The number of aryl methyl sites for hydroxylation is 1. The summed E-state index contributed by atoms with van der Waals surface area (Å²) < 4.78 is 10.8. The summed E-state index contributed by atoms with van der Waals surface area (Å²) in [6.45, 7) is 4.15. The standard InChI is InChI=1S/C21H21NO3S/c1-4-26-17-7-8-20(22-13-17)25-19-11-15(12-21(23)24-3)10-16-6-5-14(2)9-18(16)19/h5-11,13H,4,12H2,1-3H3. The van der Waals surface area contributed by atoms with E-state index in [0.717, 1.165) is 32.5 Å². The largest absolute Gasteiger partial charge is 0.469 e. The second-order valence-electron chi connectivity index (χ2n) is 5.94. The quantitative estimate of drug-likeness (QED) is 0.445. The van der Waals surface area contributed by atoms with Gasteiger partial charge in [0.15, 0.2) is 0 Å². The van der Waals surface area contributed by atoms with Gasteiger partial charge in [-0.25, -0.2) is 4.98 Å². The van der Waals surface area contributed by atoms with E-state index in [9.17, 15) is 4.79 Å². The van der Waals surface area contributed by atoms with E-state index in [0.29, 0.717) is 11.6 Å². The first-order valence-corrected chi connectivity index (χ1v) is 9.44. The van der Waals surface area contributed by atoms with Crippen LogP contribution in [0, 0.1) is 6.92 Å². The third-order valence-corrected chi connectivity index (χ3v) is 4.81. The summed E-state index contributed by atoms with van der Waals surface area (Å²) >= 11 is 1.74. The smallest absolute Gasteiger partial charge is 0.309 e. The van der Waals surface area contributed by atoms with Gasteiger partial charge in [0.05, 0.1) is 13.5 Å². The van der Waals surface area contributed by atoms with Crippen LogP contribution < -0.4 is 4.74 Å². The average molecular weight is 367 g/mol. The van der Waals surface area contributed by atoms with Crippen LogP contribution in [0.3, 0.4) is 0 Å². The molecule has 0 radical (unpaired) electrons. The number of aromatic nitrogens is 1. The van der Waals surface area contributed by atoms with Gasteiger partial charge in [-0.15, -0.1) is 11.8 Å². The number of rotatable bonds is 6. The zero-order valence-electron chi connectivity index (χ0n) is 15.1. The van der Waals surface area contributed by atoms with Crippen LogP contribution in [0.4, 0.5) is 0 Å². The summed E-state index contributed by atoms with van der Waals surface area (Å²) in [6, 6.07) is 13.9. The third-order valence-electron chi connectivity index (χ3n) is 3.94. The van der Waals surface area contributed by atoms with E-state index < -0.39 is 0 Å². The van der Waals surface area contributed by atoms with Crippen LogP contribution in [0.2, 0.25) is 0 Å². The first-order chi connectivity index (χ1) is 12.6. The first kappa shape index (κ1) is 18.3. The molecule has 3 rings (SSSR count). The molecule has 0 N–H and O–H groups in total. The average Bonchev–Trinajstić information content (AvgIpc) is 2.64. The number of fused-ring (bicyclic) bond motifs is 1. The number of ether oxygens (including phenoxy) is 2. The van der Waals surface area contributed by atoms with E-state index in [4.69, 9.17) is 9.47 Å². The molecule has 0 fully saturated rings. The molecule has 134 valence electrons. The molecule has 0 saturated carbocycles. The van der Waals surface area contributed by atoms with Crippen LogP contribution in [-0.2, 0) is 16.0 Å². The van der Waals surface area contributed by atoms with Crippen molar-refractivity contribution in [3.05, 3.63) is 59.8 Å². The summed E-state index contributed by atoms with van der Waals surface area (Å²) in [5.41, 5.74) is 1.99. The number of pyridine rings is 1. The molecule has 0 atom stereocenters. The minimum absolute atomic E-state index is 0.205. The predicted molar refractivity (Wildman–Crippen MR) is 105 cm³/mol. The van der Waals surface area contributed by atoms with Crippen molar-refractivity contribution in [1.29, 1.82) is 0 Å². The van der Waals surface area contributed by atoms with Crippen molar-refractivity contribution < 1.29 is 14.3 Å². The second-order valence-corrected chi connectivity index (χ2v) is 7.28. The molecule has 0 bridgehead atoms. The van der Waals surface area contributed by atoms with Gasteiger partial charge in [0.2, 0.25) is 5.88 Å². The van der Waals surface area contributed by atoms with Crippen molar-refractivity contribution in [2.75, 3.05) is 12.9 Å². The molecule has 0 aliphatic heterocycles. The lowest BCUT2D eigenvalue weighted by atomic mass is 10.0. The lowest BCUT2D eigenvalue weighted by Crippen LogP contribution is -2.04. The summed E-state index contributed by atoms with van der Waals surface area (Å²) in [6.07, 6.45) is 2.02. The molecular formula is C21H21NO3S. The van der Waals surface area contributed by atoms with Gasteiger partial charge in [-0.3, -0.25) is 4.79 Å². The van der Waals surface area contributed by atoms with Gasteiger partial charge in [0, 0.05) is 22.5 Å². The van der Waals surface area contributed by atoms with E-state index in [1.807, 2.05) is 49.5 Å². The van der Waals surface area contributed by atoms with Crippen molar-refractivity contribution in [2.24, 2.45) is 0 Å². The number of hydrogen-bond acceptors (Lipinski definition) is 5. The van der Waals surface area contributed by atoms with Crippen LogP contribution in [0.25, 0.3) is 10.8 Å². The number of carbonyl (C=O) groups is 1. The number of methoxy groups -OCH3 is 1. The highest BCUT2D eigenvalue weighted by Gasteiger charge is 2.11. The minimum Gasteiger partial charge on any atom is -0.469 e. The molecule has 26 heavy (non-hydrogen) atoms. The molecule has 5 heteroatoms. The summed E-state index contributed by atoms with van der Waals surface area (Å²) in [5, 5.41) is 2.01. The predicted octanol–water partition coefficient (Wildman–Crippen LogP) is 5.16. The van der Waals surface area contributed by atoms with E-state index in [-0.39, 0.29) is 12.4 Å². The van der Waals surface area contributed by atoms with Crippen LogP contribution in [0.5, 0.6) is 11.6 Å². The monoisotopic (exact) mass is 367 g/mol. The molecule has 0 saturated heterocycles. The zero-order valence-corrected chi connectivity index (χ0v) is 15.9. The zero-order chi connectivity index (χ0) is 18.5. The lowest BCUT2D eigenvalue weighted by molar-refractivity contribution is -0.139. The second kappa shape index (κ2) is 8.23. The number of benzene rings is 2. The van der Waals surface area contributed by atoms with Crippen molar-refractivity contribution in [2.45, 2.75) is 25.2 Å². The van der Waals surface area contributed by atoms with E-state index in [2.05, 4.69) is 18.0 Å². The Balaban J connectivity index is 1.98. The molecule has 0 amide bonds. The van der Waals surface area contributed by atoms with Gasteiger partial charge >= 0.3 is 5.97 Å². The van der Waals surface area contributed by atoms with Crippen LogP contribution in [0.15, 0.2) is 53.6 Å². The van der Waals surface area contributed by atoms with E-state index in [1.54, 1.807) is 11.8 Å². The third kappa shape index (κ3) is 4.35. The first-order valence-electron chi connectivity index (χ1n) is 8.46. The maximum atomic E-state index is 11.7. The molecule has 0 unspecified atom stereocenters. The van der Waals surface area contributed by atoms with Gasteiger partial charge in [-0.1, -0.05) is 30.7 Å². The molecule has 0 aliphatic carbocycles. The Morgan fingerprint density at radius 3 is 2.69 bits per heavy atom. The number of thioether (sulfide) groups is 1. The van der Waals surface area contributed by atoms with Gasteiger partial charge in [-0.2, -0.15) is 0 Å². The fourth-order valence-corrected chi connectivity index (χ4v) is 3.34. The van der Waals surface area contributed by atoms with Crippen molar-refractivity contribution >= 4 is 28.5 Å². The van der Waals surface area contributed by atoms with Crippen LogP contribution >= 0.6 is 11.8 Å². The topological polar surface area (TPSA) is 48.4 Å². The number of nitrogens with zero attached hydrogens (tertiary/aromatic N) is 1. The van der Waals surface area contributed by atoms with Gasteiger partial charge in [-0.05, 0) is 41.8 Å². The molecule has 0 spiro atoms. The number of esters is 1. The molecular weight excluding hydrogens is 346 g/mol. The Labute approximate surface area is 157 Å². The fraction of sp³-hybridized carbons (Fsp3) is 0.238. The Morgan fingerprint density at radius 1 is 1.15 bits per heavy atom. The molecule has 0 aliphatic rings. The Bertz CT molecular complexity index is 922. The fourth-order valence-electron chi connectivity index (χ4n) is 2.71. The van der Waals surface area contributed by atoms with Gasteiger partial charge < -0.3 is 9.47 Å². The summed E-state index contributed by atoms with van der Waals surface area (Å²) in [5.74, 6) is 1.94. The molecule has 4 nitrogen and oxygen atoms in total. The highest BCUT2D eigenvalue weighted by molar-refractivity contribution is 7.99. The minimum atomic E-state index is -0.276. The molecule has 1 aromatic heterocycles. The normalized spacial score (nSPS) is 10.7. The maximum Gasteiger partial charge on any atom is 0.309 e. The van der Waals surface area contributed by atoms with Gasteiger partial charge in [0.1, 0.15) is 5.75 Å². The molecule has 1 heterocycles. The molecule has 3 aromatic rings. The highest BCUT2D eigenvalue weighted by atomic mass is 32.2. The van der Waals surface area contributed by atoms with Crippen molar-refractivity contribution in [3.63, 3.8) is 0 Å². The van der Waals surface area contributed by atoms with E-state index in [1.165, 1.54) is 7.11 Å². The summed E-state index contributed by atoms with van der Waals surface area (Å²) in [7, 11) is 1.39. The maximum absolute atomic E-state index is 11.7. The lowest BCUT2D eigenvalue weighted by Gasteiger charge is -2.12. The van der Waals surface area contributed by atoms with Crippen molar-refractivity contribution in [3.8, 4) is 11.6 Å². The molecule has 2 aromatic carbocycles. The van der Waals surface area contributed by atoms with Crippen LogP contribution in [-0.4, -0.2) is 23.8 Å². The Hall–Kier alpha value is -2.53. The SMILES string of the molecule is CCSc1ccc(Oc2cc(CC(=O)OC)cc3ccc(C)cc23)nc1. The highest BCUT2D eigenvalue weighted by Crippen LogP contribution is 2.32. The van der Waals surface area contributed by atoms with E-state index >= 15 is 0 Å². The Morgan fingerprint density at radius 2 is 2.00 bits per heavy atom. The Kier molecular flexibility index (Phi) is 5.78. The van der Waals surface area contributed by atoms with Crippen LogP contribution in [0.1, 0.15) is 18.1 Å². The summed E-state index contributed by atoms with van der Waals surface area (Å²) in [4.78, 5) is 17.2. The number of hydrogen-bond donors (Lipinski definition) is 0. The number of carbonyl (C=O) groups excluding carboxylic acids is 1. The van der Waals surface area contributed by atoms with Gasteiger partial charge in [0.25, 0.3) is 0 Å². The van der Waals surface area contributed by atoms with Crippen molar-refractivity contribution in [1.82, 2.24) is 4.98 Å².